The molecule has 11 unspecified atom stereocenters. The summed E-state index contributed by atoms with van der Waals surface area (Å²) < 4.78 is 0. The summed E-state index contributed by atoms with van der Waals surface area (Å²) >= 11 is 0. The van der Waals surface area contributed by atoms with Crippen LogP contribution in [0.4, 0.5) is 0 Å². The van der Waals surface area contributed by atoms with E-state index in [2.05, 4.69) is 34.6 Å². The van der Waals surface area contributed by atoms with Crippen LogP contribution in [0.2, 0.25) is 0 Å². The Hall–Kier alpha value is -0.790. The van der Waals surface area contributed by atoms with Crippen LogP contribution >= 0.6 is 0 Å². The molecule has 0 bridgehead atoms. The normalized spacial score (nSPS) is 49.1. The van der Waals surface area contributed by atoms with Crippen molar-refractivity contribution >= 4 is 5.78 Å². The zero-order valence-electron chi connectivity index (χ0n) is 21.8. The molecule has 4 aliphatic carbocycles. The highest BCUT2D eigenvalue weighted by atomic mass is 16.3. The first-order chi connectivity index (χ1) is 15.6. The van der Waals surface area contributed by atoms with Gasteiger partial charge in [-0.1, -0.05) is 41.5 Å². The molecule has 0 heterocycles. The van der Waals surface area contributed by atoms with E-state index in [1.807, 2.05) is 6.92 Å². The summed E-state index contributed by atoms with van der Waals surface area (Å²) in [5.41, 5.74) is -3.64. The average molecular weight is 479 g/mol. The molecule has 0 saturated heterocycles. The van der Waals surface area contributed by atoms with Crippen molar-refractivity contribution in [2.75, 3.05) is 0 Å². The first-order valence-corrected chi connectivity index (χ1v) is 13.4. The minimum Gasteiger partial charge on any atom is -0.393 e. The SMILES string of the molecule is CC(C)C(C)CC(O)C(C)C1CCC2(O)C3=CC(=O)C4(O)CC(O)C(O)CC4(C)C3CCC12C. The maximum Gasteiger partial charge on any atom is 0.187 e. The van der Waals surface area contributed by atoms with E-state index in [0.29, 0.717) is 30.3 Å². The third-order valence-corrected chi connectivity index (χ3v) is 11.4. The highest BCUT2D eigenvalue weighted by Gasteiger charge is 2.70. The molecule has 5 N–H and O–H groups in total. The summed E-state index contributed by atoms with van der Waals surface area (Å²) in [5, 5.41) is 55.6. The number of hydrogen-bond donors (Lipinski definition) is 5. The molecule has 194 valence electrons. The summed E-state index contributed by atoms with van der Waals surface area (Å²) in [6.07, 6.45) is 2.29. The van der Waals surface area contributed by atoms with Gasteiger partial charge in [0.1, 0.15) is 5.60 Å². The number of carbonyl (C=O) groups is 1. The lowest BCUT2D eigenvalue weighted by molar-refractivity contribution is -0.207. The van der Waals surface area contributed by atoms with Gasteiger partial charge in [0.25, 0.3) is 0 Å². The van der Waals surface area contributed by atoms with Gasteiger partial charge in [0.05, 0.1) is 23.9 Å². The summed E-state index contributed by atoms with van der Waals surface area (Å²) in [5.74, 6) is 0.343. The van der Waals surface area contributed by atoms with Crippen molar-refractivity contribution in [3.63, 3.8) is 0 Å². The van der Waals surface area contributed by atoms with Gasteiger partial charge < -0.3 is 25.5 Å². The second kappa shape index (κ2) is 8.37. The molecule has 4 rings (SSSR count). The quantitative estimate of drug-likeness (QED) is 0.415. The smallest absolute Gasteiger partial charge is 0.187 e. The maximum atomic E-state index is 13.3. The van der Waals surface area contributed by atoms with Gasteiger partial charge in [-0.2, -0.15) is 0 Å². The lowest BCUT2D eigenvalue weighted by Gasteiger charge is -2.62. The fourth-order valence-electron chi connectivity index (χ4n) is 8.37. The molecule has 11 atom stereocenters. The van der Waals surface area contributed by atoms with Gasteiger partial charge in [-0.05, 0) is 79.8 Å². The van der Waals surface area contributed by atoms with Crippen LogP contribution in [0.25, 0.3) is 0 Å². The maximum absolute atomic E-state index is 13.3. The van der Waals surface area contributed by atoms with Crippen LogP contribution in [-0.2, 0) is 4.79 Å². The van der Waals surface area contributed by atoms with Crippen molar-refractivity contribution in [1.29, 1.82) is 0 Å². The van der Waals surface area contributed by atoms with Gasteiger partial charge in [0.15, 0.2) is 5.78 Å². The second-order valence-corrected chi connectivity index (χ2v) is 13.2. The molecule has 0 amide bonds. The first-order valence-electron chi connectivity index (χ1n) is 13.4. The van der Waals surface area contributed by atoms with E-state index in [1.165, 1.54) is 6.08 Å². The molecule has 0 aromatic carbocycles. The Bertz CT molecular complexity index is 854. The van der Waals surface area contributed by atoms with E-state index in [4.69, 9.17) is 0 Å². The van der Waals surface area contributed by atoms with E-state index in [-0.39, 0.29) is 30.6 Å². The van der Waals surface area contributed by atoms with Crippen molar-refractivity contribution in [1.82, 2.24) is 0 Å². The summed E-state index contributed by atoms with van der Waals surface area (Å²) in [6, 6.07) is 0. The molecule has 6 heteroatoms. The van der Waals surface area contributed by atoms with E-state index in [1.54, 1.807) is 0 Å². The molecule has 0 aromatic heterocycles. The second-order valence-electron chi connectivity index (χ2n) is 13.2. The molecule has 6 nitrogen and oxygen atoms in total. The Balaban J connectivity index is 1.67. The predicted molar refractivity (Wildman–Crippen MR) is 130 cm³/mol. The van der Waals surface area contributed by atoms with Crippen LogP contribution < -0.4 is 0 Å². The first kappa shape index (κ1) is 26.3. The Morgan fingerprint density at radius 3 is 2.18 bits per heavy atom. The van der Waals surface area contributed by atoms with Gasteiger partial charge in [-0.25, -0.2) is 0 Å². The number of hydrogen-bond acceptors (Lipinski definition) is 6. The third kappa shape index (κ3) is 3.42. The zero-order chi connectivity index (χ0) is 25.4. The van der Waals surface area contributed by atoms with Crippen LogP contribution in [0.15, 0.2) is 11.6 Å². The van der Waals surface area contributed by atoms with E-state index < -0.39 is 46.1 Å². The van der Waals surface area contributed by atoms with Gasteiger partial charge in [0.2, 0.25) is 0 Å². The fourth-order valence-corrected chi connectivity index (χ4v) is 8.37. The Labute approximate surface area is 204 Å². The monoisotopic (exact) mass is 478 g/mol. The van der Waals surface area contributed by atoms with Crippen molar-refractivity contribution < 1.29 is 30.3 Å². The topological polar surface area (TPSA) is 118 Å². The average Bonchev–Trinajstić information content (AvgIpc) is 3.02. The van der Waals surface area contributed by atoms with Gasteiger partial charge in [-0.3, -0.25) is 4.79 Å². The van der Waals surface area contributed by atoms with Crippen LogP contribution in [0.5, 0.6) is 0 Å². The minimum absolute atomic E-state index is 0.0239. The number of ketones is 1. The Morgan fingerprint density at radius 2 is 1.56 bits per heavy atom. The van der Waals surface area contributed by atoms with Crippen LogP contribution in [-0.4, -0.2) is 60.8 Å². The fraction of sp³-hybridized carbons (Fsp3) is 0.893. The van der Waals surface area contributed by atoms with Crippen molar-refractivity contribution in [3.05, 3.63) is 11.6 Å². The number of aliphatic hydroxyl groups is 5. The van der Waals surface area contributed by atoms with Crippen molar-refractivity contribution in [3.8, 4) is 0 Å². The summed E-state index contributed by atoms with van der Waals surface area (Å²) in [6.45, 7) is 12.6. The molecule has 3 fully saturated rings. The van der Waals surface area contributed by atoms with Crippen molar-refractivity contribution in [2.45, 2.75) is 116 Å². The van der Waals surface area contributed by atoms with Gasteiger partial charge in [0, 0.05) is 17.3 Å². The predicted octanol–water partition coefficient (Wildman–Crippen LogP) is 2.99. The number of rotatable bonds is 5. The zero-order valence-corrected chi connectivity index (χ0v) is 21.8. The van der Waals surface area contributed by atoms with Crippen molar-refractivity contribution in [2.24, 2.45) is 40.4 Å². The third-order valence-electron chi connectivity index (χ3n) is 11.4. The van der Waals surface area contributed by atoms with Crippen LogP contribution in [0.1, 0.15) is 86.5 Å². The highest BCUT2D eigenvalue weighted by molar-refractivity contribution is 6.00. The van der Waals surface area contributed by atoms with E-state index in [9.17, 15) is 30.3 Å². The lowest BCUT2D eigenvalue weighted by atomic mass is 9.44. The number of aliphatic hydroxyl groups excluding tert-OH is 3. The van der Waals surface area contributed by atoms with Crippen LogP contribution in [0, 0.1) is 40.4 Å². The minimum atomic E-state index is -1.74. The largest absolute Gasteiger partial charge is 0.393 e. The summed E-state index contributed by atoms with van der Waals surface area (Å²) in [7, 11) is 0. The summed E-state index contributed by atoms with van der Waals surface area (Å²) in [4.78, 5) is 13.3. The van der Waals surface area contributed by atoms with E-state index in [0.717, 1.165) is 19.3 Å². The molecule has 0 radical (unpaired) electrons. The van der Waals surface area contributed by atoms with Crippen LogP contribution in [0.3, 0.4) is 0 Å². The molecule has 34 heavy (non-hydrogen) atoms. The lowest BCUT2D eigenvalue weighted by Crippen LogP contribution is -2.68. The van der Waals surface area contributed by atoms with E-state index >= 15 is 0 Å². The molecule has 0 aliphatic heterocycles. The number of carbonyl (C=O) groups excluding carboxylic acids is 1. The highest BCUT2D eigenvalue weighted by Crippen LogP contribution is 2.68. The standard InChI is InChI=1S/C28H46O6/c1-15(2)16(3)11-21(29)17(4)18-8-10-27(33)20-12-24(32)28(34)14-23(31)22(30)13-26(28,6)19(20)7-9-25(18,27)5/h12,15-19,21-23,29-31,33-34H,7-11,13-14H2,1-6H3. The van der Waals surface area contributed by atoms with Gasteiger partial charge >= 0.3 is 0 Å². The molecule has 3 saturated carbocycles. The molecule has 0 aromatic rings. The molecular weight excluding hydrogens is 432 g/mol. The molecule has 4 aliphatic rings. The number of fused-ring (bicyclic) bond motifs is 5. The van der Waals surface area contributed by atoms with Gasteiger partial charge in [-0.15, -0.1) is 0 Å². The Morgan fingerprint density at radius 1 is 0.941 bits per heavy atom. The molecule has 0 spiro atoms. The molecular formula is C28H46O6. The Kier molecular flexibility index (Phi) is 6.47.